The maximum absolute atomic E-state index is 11.6. The second-order valence-corrected chi connectivity index (χ2v) is 6.26. The molecule has 134 valence electrons. The van der Waals surface area contributed by atoms with Crippen molar-refractivity contribution < 1.29 is 24.2 Å². The number of aliphatic carboxylic acids is 2. The third-order valence-corrected chi connectivity index (χ3v) is 3.77. The number of hydrogen-bond acceptors (Lipinski definition) is 5. The van der Waals surface area contributed by atoms with Gasteiger partial charge in [-0.15, -0.1) is 0 Å². The fourth-order valence-corrected chi connectivity index (χ4v) is 2.48. The highest BCUT2D eigenvalue weighted by molar-refractivity contribution is 5.76. The summed E-state index contributed by atoms with van der Waals surface area (Å²) < 4.78 is 5.38. The first-order chi connectivity index (χ1) is 11.9. The highest BCUT2D eigenvalue weighted by Crippen LogP contribution is 2.22. The maximum atomic E-state index is 11.6. The molecule has 25 heavy (non-hydrogen) atoms. The van der Waals surface area contributed by atoms with Gasteiger partial charge in [-0.3, -0.25) is 9.59 Å². The molecule has 0 saturated heterocycles. The van der Waals surface area contributed by atoms with Crippen LogP contribution in [0.15, 0.2) is 41.0 Å². The number of carbonyl (C=O) groups is 2. The summed E-state index contributed by atoms with van der Waals surface area (Å²) in [5.41, 5.74) is 1.00. The van der Waals surface area contributed by atoms with Crippen LogP contribution in [0.1, 0.15) is 31.9 Å². The summed E-state index contributed by atoms with van der Waals surface area (Å²) in [6, 6.07) is 8.34. The molecule has 0 fully saturated rings. The Labute approximate surface area is 145 Å². The van der Waals surface area contributed by atoms with Gasteiger partial charge in [-0.05, 0) is 24.5 Å². The number of nitrogens with one attached hydrogen (secondary N) is 1. The van der Waals surface area contributed by atoms with Crippen molar-refractivity contribution in [3.05, 3.63) is 42.3 Å². The van der Waals surface area contributed by atoms with E-state index in [-0.39, 0.29) is 18.2 Å². The van der Waals surface area contributed by atoms with Gasteiger partial charge in [0.2, 0.25) is 5.89 Å². The lowest BCUT2D eigenvalue weighted by Crippen LogP contribution is -2.41. The molecule has 7 heteroatoms. The van der Waals surface area contributed by atoms with Crippen LogP contribution in [0, 0.1) is 5.92 Å². The van der Waals surface area contributed by atoms with Crippen LogP contribution in [0.25, 0.3) is 11.5 Å². The van der Waals surface area contributed by atoms with E-state index in [1.165, 1.54) is 6.26 Å². The minimum atomic E-state index is -1.09. The van der Waals surface area contributed by atoms with Crippen LogP contribution in [-0.4, -0.2) is 39.7 Å². The Kier molecular flexibility index (Phi) is 6.30. The lowest BCUT2D eigenvalue weighted by molar-refractivity contribution is -0.142. The fourth-order valence-electron chi connectivity index (χ4n) is 2.48. The molecule has 0 aliphatic heterocycles. The van der Waals surface area contributed by atoms with E-state index in [9.17, 15) is 19.8 Å². The van der Waals surface area contributed by atoms with Crippen molar-refractivity contribution in [3.63, 3.8) is 0 Å². The smallest absolute Gasteiger partial charge is 0.320 e. The van der Waals surface area contributed by atoms with E-state index in [0.29, 0.717) is 12.3 Å². The fraction of sp³-hybridized carbons (Fsp3) is 0.389. The molecule has 1 aromatic heterocycles. The Morgan fingerprint density at radius 2 is 1.84 bits per heavy atom. The van der Waals surface area contributed by atoms with Crippen molar-refractivity contribution >= 4 is 11.9 Å². The molecule has 7 nitrogen and oxygen atoms in total. The van der Waals surface area contributed by atoms with E-state index in [0.717, 1.165) is 5.56 Å². The first-order valence-corrected chi connectivity index (χ1v) is 8.08. The zero-order valence-electron chi connectivity index (χ0n) is 14.2. The monoisotopic (exact) mass is 346 g/mol. The van der Waals surface area contributed by atoms with Crippen molar-refractivity contribution in [1.29, 1.82) is 0 Å². The lowest BCUT2D eigenvalue weighted by Gasteiger charge is -2.18. The summed E-state index contributed by atoms with van der Waals surface area (Å²) in [5.74, 6) is -2.57. The normalized spacial score (nSPS) is 13.6. The maximum Gasteiger partial charge on any atom is 0.320 e. The third kappa shape index (κ3) is 5.15. The Hall–Kier alpha value is -2.67. The molecule has 0 radical (unpaired) electrons. The standard InChI is InChI=1S/C18H22N2O5/c1-11(2)8-14(18(23)24)19-9-13(17(21)22)15-10-25-16(20-15)12-6-4-3-5-7-12/h3-7,10-11,13-14,19H,8-9H2,1-2H3,(H,21,22)(H,23,24). The van der Waals surface area contributed by atoms with Gasteiger partial charge >= 0.3 is 11.9 Å². The average Bonchev–Trinajstić information content (AvgIpc) is 3.03. The van der Waals surface area contributed by atoms with Crippen LogP contribution in [-0.2, 0) is 9.59 Å². The van der Waals surface area contributed by atoms with E-state index in [1.54, 1.807) is 0 Å². The van der Waals surface area contributed by atoms with Gasteiger partial charge in [0.15, 0.2) is 0 Å². The molecule has 1 aromatic carbocycles. The minimum Gasteiger partial charge on any atom is -0.481 e. The Balaban J connectivity index is 2.12. The molecule has 0 saturated carbocycles. The van der Waals surface area contributed by atoms with E-state index < -0.39 is 23.9 Å². The molecule has 2 atom stereocenters. The largest absolute Gasteiger partial charge is 0.481 e. The molecule has 0 aliphatic carbocycles. The Bertz CT molecular complexity index is 711. The minimum absolute atomic E-state index is 0.0419. The van der Waals surface area contributed by atoms with E-state index in [2.05, 4.69) is 10.3 Å². The number of nitrogens with zero attached hydrogens (tertiary/aromatic N) is 1. The predicted octanol–water partition coefficient (Wildman–Crippen LogP) is 2.60. The van der Waals surface area contributed by atoms with Gasteiger partial charge in [0.1, 0.15) is 18.2 Å². The zero-order valence-corrected chi connectivity index (χ0v) is 14.2. The molecule has 2 rings (SSSR count). The molecular formula is C18H22N2O5. The summed E-state index contributed by atoms with van der Waals surface area (Å²) in [6.07, 6.45) is 1.72. The summed E-state index contributed by atoms with van der Waals surface area (Å²) in [7, 11) is 0. The average molecular weight is 346 g/mol. The number of aromatic nitrogens is 1. The van der Waals surface area contributed by atoms with Crippen LogP contribution in [0.5, 0.6) is 0 Å². The van der Waals surface area contributed by atoms with Crippen molar-refractivity contribution in [2.75, 3.05) is 6.54 Å². The number of benzene rings is 1. The first-order valence-electron chi connectivity index (χ1n) is 8.08. The molecule has 0 aliphatic rings. The van der Waals surface area contributed by atoms with E-state index in [4.69, 9.17) is 4.42 Å². The van der Waals surface area contributed by atoms with Gasteiger partial charge in [0.25, 0.3) is 0 Å². The molecule has 0 bridgehead atoms. The van der Waals surface area contributed by atoms with Gasteiger partial charge in [0, 0.05) is 12.1 Å². The molecular weight excluding hydrogens is 324 g/mol. The SMILES string of the molecule is CC(C)CC(NCC(C(=O)O)c1coc(-c2ccccc2)n1)C(=O)O. The molecule has 1 heterocycles. The van der Waals surface area contributed by atoms with Crippen LogP contribution in [0.4, 0.5) is 0 Å². The van der Waals surface area contributed by atoms with Gasteiger partial charge in [0.05, 0.1) is 5.69 Å². The topological polar surface area (TPSA) is 113 Å². The molecule has 0 amide bonds. The van der Waals surface area contributed by atoms with Crippen LogP contribution in [0.2, 0.25) is 0 Å². The van der Waals surface area contributed by atoms with Gasteiger partial charge in [-0.2, -0.15) is 0 Å². The Morgan fingerprint density at radius 3 is 2.40 bits per heavy atom. The van der Waals surface area contributed by atoms with Crippen LogP contribution in [0.3, 0.4) is 0 Å². The van der Waals surface area contributed by atoms with Crippen LogP contribution < -0.4 is 5.32 Å². The van der Waals surface area contributed by atoms with Crippen LogP contribution >= 0.6 is 0 Å². The number of carboxylic acid groups (broad SMARTS) is 2. The highest BCUT2D eigenvalue weighted by Gasteiger charge is 2.27. The molecule has 3 N–H and O–H groups in total. The second kappa shape index (κ2) is 8.43. The third-order valence-electron chi connectivity index (χ3n) is 3.77. The molecule has 2 unspecified atom stereocenters. The second-order valence-electron chi connectivity index (χ2n) is 6.26. The first kappa shape index (κ1) is 18.7. The summed E-state index contributed by atoms with van der Waals surface area (Å²) >= 11 is 0. The molecule has 0 spiro atoms. The van der Waals surface area contributed by atoms with Gasteiger partial charge in [-0.1, -0.05) is 32.0 Å². The predicted molar refractivity (Wildman–Crippen MR) is 91.2 cm³/mol. The van der Waals surface area contributed by atoms with E-state index in [1.807, 2.05) is 44.2 Å². The highest BCUT2D eigenvalue weighted by atomic mass is 16.4. The Morgan fingerprint density at radius 1 is 1.16 bits per heavy atom. The number of carboxylic acids is 2. The summed E-state index contributed by atoms with van der Waals surface area (Å²) in [6.45, 7) is 3.78. The van der Waals surface area contributed by atoms with Gasteiger partial charge in [-0.25, -0.2) is 4.98 Å². The molecule has 2 aromatic rings. The summed E-state index contributed by atoms with van der Waals surface area (Å²) in [5, 5.41) is 21.5. The quantitative estimate of drug-likeness (QED) is 0.639. The number of hydrogen-bond donors (Lipinski definition) is 3. The van der Waals surface area contributed by atoms with E-state index >= 15 is 0 Å². The van der Waals surface area contributed by atoms with Crippen molar-refractivity contribution in [3.8, 4) is 11.5 Å². The summed E-state index contributed by atoms with van der Waals surface area (Å²) in [4.78, 5) is 27.1. The van der Waals surface area contributed by atoms with Gasteiger partial charge < -0.3 is 19.9 Å². The number of rotatable bonds is 9. The van der Waals surface area contributed by atoms with Crippen molar-refractivity contribution in [1.82, 2.24) is 10.3 Å². The van der Waals surface area contributed by atoms with Crippen molar-refractivity contribution in [2.45, 2.75) is 32.2 Å². The van der Waals surface area contributed by atoms with Crippen molar-refractivity contribution in [2.24, 2.45) is 5.92 Å². The lowest BCUT2D eigenvalue weighted by atomic mass is 10.0. The zero-order chi connectivity index (χ0) is 18.4. The number of oxazole rings is 1.